The minimum absolute atomic E-state index is 0.0156. The van der Waals surface area contributed by atoms with Crippen molar-refractivity contribution in [1.82, 2.24) is 9.62 Å². The van der Waals surface area contributed by atoms with E-state index >= 15 is 0 Å². The van der Waals surface area contributed by atoms with Crippen molar-refractivity contribution in [2.75, 3.05) is 20.7 Å². The van der Waals surface area contributed by atoms with Crippen LogP contribution in [0.25, 0.3) is 0 Å². The van der Waals surface area contributed by atoms with Gasteiger partial charge in [0.25, 0.3) is 0 Å². The lowest BCUT2D eigenvalue weighted by Gasteiger charge is -2.21. The number of hydrogen-bond donors (Lipinski definition) is 1. The smallest absolute Gasteiger partial charge is 0.245 e. The molecule has 1 unspecified atom stereocenters. The summed E-state index contributed by atoms with van der Waals surface area (Å²) in [6.07, 6.45) is 0. The minimum atomic E-state index is -3.86. The van der Waals surface area contributed by atoms with Crippen molar-refractivity contribution in [2.45, 2.75) is 24.8 Å². The van der Waals surface area contributed by atoms with Crippen molar-refractivity contribution < 1.29 is 17.9 Å². The molecule has 6 nitrogen and oxygen atoms in total. The van der Waals surface area contributed by atoms with Crippen LogP contribution >= 0.6 is 15.9 Å². The quantitative estimate of drug-likeness (QED) is 0.815. The van der Waals surface area contributed by atoms with Gasteiger partial charge in [0.2, 0.25) is 15.9 Å². The van der Waals surface area contributed by atoms with E-state index in [1.165, 1.54) is 25.0 Å². The van der Waals surface area contributed by atoms with Crippen LogP contribution in [0.1, 0.15) is 13.8 Å². The minimum Gasteiger partial charge on any atom is -0.495 e. The Bertz CT molecular complexity index is 619. The maximum absolute atomic E-state index is 12.4. The van der Waals surface area contributed by atoms with Gasteiger partial charge in [0, 0.05) is 18.1 Å². The second kappa shape index (κ2) is 7.24. The fourth-order valence-electron chi connectivity index (χ4n) is 1.69. The van der Waals surface area contributed by atoms with Gasteiger partial charge in [-0.25, -0.2) is 8.42 Å². The number of carbonyl (C=O) groups excluding carboxylic acids is 1. The Hall–Kier alpha value is -1.12. The van der Waals surface area contributed by atoms with Crippen molar-refractivity contribution in [3.05, 3.63) is 22.7 Å². The summed E-state index contributed by atoms with van der Waals surface area (Å²) in [6.45, 7) is 3.83. The Morgan fingerprint density at radius 2 is 2.10 bits per heavy atom. The molecule has 1 rings (SSSR count). The summed E-state index contributed by atoms with van der Waals surface area (Å²) in [5.41, 5.74) is 0. The summed E-state index contributed by atoms with van der Waals surface area (Å²) in [5.74, 6) is -0.0794. The summed E-state index contributed by atoms with van der Waals surface area (Å²) < 4.78 is 32.9. The van der Waals surface area contributed by atoms with Crippen LogP contribution in [0.2, 0.25) is 0 Å². The molecule has 1 atom stereocenters. The van der Waals surface area contributed by atoms with Crippen molar-refractivity contribution in [3.63, 3.8) is 0 Å². The normalized spacial score (nSPS) is 12.8. The predicted molar refractivity (Wildman–Crippen MR) is 83.8 cm³/mol. The molecule has 1 amide bonds. The first-order chi connectivity index (χ1) is 9.72. The van der Waals surface area contributed by atoms with E-state index in [4.69, 9.17) is 4.74 Å². The molecule has 0 radical (unpaired) electrons. The fraction of sp³-hybridized carbons (Fsp3) is 0.462. The van der Waals surface area contributed by atoms with Crippen LogP contribution in [-0.2, 0) is 14.8 Å². The summed E-state index contributed by atoms with van der Waals surface area (Å²) in [4.78, 5) is 13.4. The van der Waals surface area contributed by atoms with E-state index in [1.54, 1.807) is 19.2 Å². The molecule has 8 heteroatoms. The molecular formula is C13H19BrN2O4S. The molecule has 0 aliphatic heterocycles. The fourth-order valence-corrected chi connectivity index (χ4v) is 3.60. The lowest BCUT2D eigenvalue weighted by Crippen LogP contribution is -2.45. The highest BCUT2D eigenvalue weighted by atomic mass is 79.9. The number of nitrogens with zero attached hydrogens (tertiary/aromatic N) is 1. The number of halogens is 1. The van der Waals surface area contributed by atoms with Gasteiger partial charge in [-0.1, -0.05) is 15.9 Å². The lowest BCUT2D eigenvalue weighted by molar-refractivity contribution is -0.131. The Balaban J connectivity index is 3.07. The number of ether oxygens (including phenoxy) is 1. The Morgan fingerprint density at radius 3 is 2.62 bits per heavy atom. The van der Waals surface area contributed by atoms with E-state index in [-0.39, 0.29) is 16.6 Å². The zero-order valence-corrected chi connectivity index (χ0v) is 14.8. The summed E-state index contributed by atoms with van der Waals surface area (Å²) in [5, 5.41) is 0. The topological polar surface area (TPSA) is 75.7 Å². The van der Waals surface area contributed by atoms with E-state index in [0.29, 0.717) is 11.0 Å². The molecule has 0 aliphatic rings. The number of rotatable bonds is 6. The molecule has 0 bridgehead atoms. The van der Waals surface area contributed by atoms with Crippen LogP contribution in [0.3, 0.4) is 0 Å². The third-order valence-electron chi connectivity index (χ3n) is 2.97. The first-order valence-corrected chi connectivity index (χ1v) is 8.61. The van der Waals surface area contributed by atoms with Gasteiger partial charge in [0.15, 0.2) is 0 Å². The molecule has 1 aromatic carbocycles. The molecule has 0 spiro atoms. The highest BCUT2D eigenvalue weighted by Gasteiger charge is 2.26. The monoisotopic (exact) mass is 378 g/mol. The van der Waals surface area contributed by atoms with Gasteiger partial charge in [0.1, 0.15) is 10.6 Å². The maximum atomic E-state index is 12.4. The van der Waals surface area contributed by atoms with Gasteiger partial charge in [0.05, 0.1) is 13.2 Å². The first-order valence-electron chi connectivity index (χ1n) is 6.33. The molecule has 0 saturated heterocycles. The van der Waals surface area contributed by atoms with Gasteiger partial charge in [-0.05, 0) is 32.0 Å². The van der Waals surface area contributed by atoms with Gasteiger partial charge in [-0.2, -0.15) is 4.72 Å². The van der Waals surface area contributed by atoms with Crippen LogP contribution in [0, 0.1) is 0 Å². The standard InChI is InChI=1S/C13H19BrN2O4S/c1-5-16(3)13(17)9(2)15-21(18,19)12-8-10(14)6-7-11(12)20-4/h6-9,15H,5H2,1-4H3. The molecule has 0 aromatic heterocycles. The number of amides is 1. The number of sulfonamides is 1. The van der Waals surface area contributed by atoms with Crippen LogP contribution in [0.15, 0.2) is 27.6 Å². The Kier molecular flexibility index (Phi) is 6.18. The molecule has 0 heterocycles. The summed E-state index contributed by atoms with van der Waals surface area (Å²) in [7, 11) is -0.856. The van der Waals surface area contributed by atoms with Gasteiger partial charge < -0.3 is 9.64 Å². The van der Waals surface area contributed by atoms with Crippen LogP contribution < -0.4 is 9.46 Å². The number of benzene rings is 1. The highest BCUT2D eigenvalue weighted by Crippen LogP contribution is 2.27. The van der Waals surface area contributed by atoms with Crippen LogP contribution in [-0.4, -0.2) is 46.0 Å². The number of nitrogens with one attached hydrogen (secondary N) is 1. The molecule has 1 aromatic rings. The third kappa shape index (κ3) is 4.42. The molecule has 0 fully saturated rings. The number of hydrogen-bond acceptors (Lipinski definition) is 4. The number of likely N-dealkylation sites (N-methyl/N-ethyl adjacent to an activating group) is 1. The Morgan fingerprint density at radius 1 is 1.48 bits per heavy atom. The molecule has 1 N–H and O–H groups in total. The van der Waals surface area contributed by atoms with E-state index in [0.717, 1.165) is 0 Å². The molecule has 0 saturated carbocycles. The molecule has 0 aliphatic carbocycles. The van der Waals surface area contributed by atoms with E-state index in [2.05, 4.69) is 20.7 Å². The molecule has 118 valence electrons. The average molecular weight is 379 g/mol. The average Bonchev–Trinajstić information content (AvgIpc) is 2.45. The van der Waals surface area contributed by atoms with Crippen molar-refractivity contribution in [3.8, 4) is 5.75 Å². The molecular weight excluding hydrogens is 360 g/mol. The predicted octanol–water partition coefficient (Wildman–Crippen LogP) is 1.60. The van der Waals surface area contributed by atoms with Gasteiger partial charge in [-0.15, -0.1) is 0 Å². The SMILES string of the molecule is CCN(C)C(=O)C(C)NS(=O)(=O)c1cc(Br)ccc1OC. The maximum Gasteiger partial charge on any atom is 0.245 e. The zero-order chi connectivity index (χ0) is 16.2. The summed E-state index contributed by atoms with van der Waals surface area (Å²) in [6, 6.07) is 3.80. The van der Waals surface area contributed by atoms with Gasteiger partial charge in [-0.3, -0.25) is 4.79 Å². The largest absolute Gasteiger partial charge is 0.495 e. The second-order valence-corrected chi connectivity index (χ2v) is 7.09. The number of carbonyl (C=O) groups is 1. The van der Waals surface area contributed by atoms with Crippen molar-refractivity contribution in [2.24, 2.45) is 0 Å². The first kappa shape index (κ1) is 17.9. The Labute approximate surface area is 133 Å². The van der Waals surface area contributed by atoms with Crippen LogP contribution in [0.5, 0.6) is 5.75 Å². The number of methoxy groups -OCH3 is 1. The highest BCUT2D eigenvalue weighted by molar-refractivity contribution is 9.10. The van der Waals surface area contributed by atoms with E-state index in [1.807, 2.05) is 6.92 Å². The molecule has 21 heavy (non-hydrogen) atoms. The van der Waals surface area contributed by atoms with Crippen molar-refractivity contribution >= 4 is 31.9 Å². The van der Waals surface area contributed by atoms with Crippen LogP contribution in [0.4, 0.5) is 0 Å². The van der Waals surface area contributed by atoms with Crippen molar-refractivity contribution in [1.29, 1.82) is 0 Å². The lowest BCUT2D eigenvalue weighted by atomic mass is 10.3. The zero-order valence-electron chi connectivity index (χ0n) is 12.4. The second-order valence-electron chi connectivity index (χ2n) is 4.49. The van der Waals surface area contributed by atoms with E-state index in [9.17, 15) is 13.2 Å². The third-order valence-corrected chi connectivity index (χ3v) is 5.02. The van der Waals surface area contributed by atoms with E-state index < -0.39 is 16.1 Å². The summed E-state index contributed by atoms with van der Waals surface area (Å²) >= 11 is 3.22. The van der Waals surface area contributed by atoms with Gasteiger partial charge >= 0.3 is 0 Å².